The first-order valence-electron chi connectivity index (χ1n) is 5.15. The van der Waals surface area contributed by atoms with Crippen LogP contribution in [0.1, 0.15) is 19.4 Å². The molecule has 0 saturated heterocycles. The van der Waals surface area contributed by atoms with Crippen LogP contribution < -0.4 is 0 Å². The van der Waals surface area contributed by atoms with Crippen molar-refractivity contribution in [2.24, 2.45) is 0 Å². The predicted molar refractivity (Wildman–Crippen MR) is 62.2 cm³/mol. The SMILES string of the molecule is CC=CCOC(C)(C(=O)O)c1ccccc1. The van der Waals surface area contributed by atoms with Crippen LogP contribution >= 0.6 is 0 Å². The minimum atomic E-state index is -1.29. The summed E-state index contributed by atoms with van der Waals surface area (Å²) in [5.41, 5.74) is -0.646. The van der Waals surface area contributed by atoms with Crippen molar-refractivity contribution in [3.63, 3.8) is 0 Å². The number of allylic oxidation sites excluding steroid dienone is 1. The van der Waals surface area contributed by atoms with Crippen LogP contribution in [0.5, 0.6) is 0 Å². The molecule has 0 amide bonds. The molecule has 0 aromatic heterocycles. The minimum Gasteiger partial charge on any atom is -0.479 e. The Morgan fingerprint density at radius 2 is 2.06 bits per heavy atom. The number of hydrogen-bond donors (Lipinski definition) is 1. The monoisotopic (exact) mass is 220 g/mol. The van der Waals surface area contributed by atoms with Crippen molar-refractivity contribution >= 4 is 5.97 Å². The van der Waals surface area contributed by atoms with Gasteiger partial charge in [-0.25, -0.2) is 4.79 Å². The molecule has 0 spiro atoms. The number of aliphatic carboxylic acids is 1. The molecule has 0 aliphatic rings. The zero-order valence-corrected chi connectivity index (χ0v) is 9.51. The molecule has 1 unspecified atom stereocenters. The fourth-order valence-electron chi connectivity index (χ4n) is 1.34. The van der Waals surface area contributed by atoms with Gasteiger partial charge in [0, 0.05) is 0 Å². The van der Waals surface area contributed by atoms with E-state index in [-0.39, 0.29) is 6.61 Å². The fourth-order valence-corrected chi connectivity index (χ4v) is 1.34. The Bertz CT molecular complexity index is 370. The first-order chi connectivity index (χ1) is 7.61. The lowest BCUT2D eigenvalue weighted by Crippen LogP contribution is -2.35. The van der Waals surface area contributed by atoms with Crippen LogP contribution in [-0.2, 0) is 15.1 Å². The van der Waals surface area contributed by atoms with Gasteiger partial charge in [0.2, 0.25) is 0 Å². The molecule has 0 bridgehead atoms. The van der Waals surface area contributed by atoms with Crippen LogP contribution in [0.3, 0.4) is 0 Å². The summed E-state index contributed by atoms with van der Waals surface area (Å²) in [4.78, 5) is 11.3. The molecular formula is C13H16O3. The zero-order valence-electron chi connectivity index (χ0n) is 9.51. The number of carboxylic acid groups (broad SMARTS) is 1. The van der Waals surface area contributed by atoms with E-state index in [0.29, 0.717) is 5.56 Å². The van der Waals surface area contributed by atoms with Crippen LogP contribution in [0.2, 0.25) is 0 Å². The molecule has 1 atom stereocenters. The van der Waals surface area contributed by atoms with Gasteiger partial charge in [-0.3, -0.25) is 0 Å². The topological polar surface area (TPSA) is 46.5 Å². The Balaban J connectivity index is 2.93. The van der Waals surface area contributed by atoms with Crippen LogP contribution in [0, 0.1) is 0 Å². The van der Waals surface area contributed by atoms with Gasteiger partial charge in [0.05, 0.1) is 6.61 Å². The van der Waals surface area contributed by atoms with E-state index in [9.17, 15) is 9.90 Å². The highest BCUT2D eigenvalue weighted by atomic mass is 16.5. The van der Waals surface area contributed by atoms with E-state index in [0.717, 1.165) is 0 Å². The zero-order chi connectivity index (χ0) is 12.0. The molecule has 0 aliphatic carbocycles. The van der Waals surface area contributed by atoms with E-state index in [1.54, 1.807) is 37.3 Å². The Hall–Kier alpha value is -1.61. The van der Waals surface area contributed by atoms with Gasteiger partial charge in [-0.2, -0.15) is 0 Å². The van der Waals surface area contributed by atoms with Crippen LogP contribution in [-0.4, -0.2) is 17.7 Å². The molecule has 3 nitrogen and oxygen atoms in total. The molecule has 1 rings (SSSR count). The summed E-state index contributed by atoms with van der Waals surface area (Å²) in [5.74, 6) is -0.983. The van der Waals surface area contributed by atoms with Crippen molar-refractivity contribution in [2.75, 3.05) is 6.61 Å². The maximum atomic E-state index is 11.3. The molecule has 3 heteroatoms. The number of ether oxygens (including phenoxy) is 1. The number of benzene rings is 1. The van der Waals surface area contributed by atoms with Gasteiger partial charge in [-0.05, 0) is 19.4 Å². The minimum absolute atomic E-state index is 0.286. The second kappa shape index (κ2) is 5.47. The summed E-state index contributed by atoms with van der Waals surface area (Å²) < 4.78 is 5.43. The van der Waals surface area contributed by atoms with Crippen LogP contribution in [0.4, 0.5) is 0 Å². The average Bonchev–Trinajstić information content (AvgIpc) is 2.30. The standard InChI is InChI=1S/C13H16O3/c1-3-4-10-16-13(2,12(14)15)11-8-6-5-7-9-11/h3-9H,10H2,1-2H3,(H,14,15). The lowest BCUT2D eigenvalue weighted by molar-refractivity contribution is -0.163. The normalized spacial score (nSPS) is 14.9. The lowest BCUT2D eigenvalue weighted by Gasteiger charge is -2.25. The molecule has 86 valence electrons. The smallest absolute Gasteiger partial charge is 0.340 e. The van der Waals surface area contributed by atoms with Crippen molar-refractivity contribution in [1.29, 1.82) is 0 Å². The molecule has 0 aliphatic heterocycles. The van der Waals surface area contributed by atoms with Gasteiger partial charge < -0.3 is 9.84 Å². The third-order valence-corrected chi connectivity index (χ3v) is 2.44. The third kappa shape index (κ3) is 2.70. The van der Waals surface area contributed by atoms with E-state index in [1.165, 1.54) is 0 Å². The van der Waals surface area contributed by atoms with Crippen molar-refractivity contribution < 1.29 is 14.6 Å². The maximum absolute atomic E-state index is 11.3. The van der Waals surface area contributed by atoms with Gasteiger partial charge in [0.15, 0.2) is 5.60 Å². The molecule has 1 aromatic rings. The molecule has 16 heavy (non-hydrogen) atoms. The molecule has 0 radical (unpaired) electrons. The molecule has 0 fully saturated rings. The quantitative estimate of drug-likeness (QED) is 0.776. The largest absolute Gasteiger partial charge is 0.479 e. The Morgan fingerprint density at radius 3 is 2.56 bits per heavy atom. The summed E-state index contributed by atoms with van der Waals surface area (Å²) in [6.07, 6.45) is 3.61. The van der Waals surface area contributed by atoms with E-state index in [2.05, 4.69) is 0 Å². The predicted octanol–water partition coefficient (Wildman–Crippen LogP) is 2.58. The summed E-state index contributed by atoms with van der Waals surface area (Å²) in [5, 5.41) is 9.24. The average molecular weight is 220 g/mol. The van der Waals surface area contributed by atoms with Crippen molar-refractivity contribution in [2.45, 2.75) is 19.4 Å². The lowest BCUT2D eigenvalue weighted by atomic mass is 9.96. The summed E-state index contributed by atoms with van der Waals surface area (Å²) in [6, 6.07) is 8.95. The number of carbonyl (C=O) groups is 1. The molecule has 0 saturated carbocycles. The first-order valence-corrected chi connectivity index (χ1v) is 5.15. The summed E-state index contributed by atoms with van der Waals surface area (Å²) in [7, 11) is 0. The first kappa shape index (κ1) is 12.5. The van der Waals surface area contributed by atoms with Gasteiger partial charge in [-0.15, -0.1) is 0 Å². The highest BCUT2D eigenvalue weighted by molar-refractivity contribution is 5.78. The third-order valence-electron chi connectivity index (χ3n) is 2.44. The van der Waals surface area contributed by atoms with Crippen molar-refractivity contribution in [3.8, 4) is 0 Å². The van der Waals surface area contributed by atoms with Gasteiger partial charge >= 0.3 is 5.97 Å². The Labute approximate surface area is 95.4 Å². The molecule has 1 aromatic carbocycles. The highest BCUT2D eigenvalue weighted by Gasteiger charge is 2.35. The van der Waals surface area contributed by atoms with Crippen molar-refractivity contribution in [3.05, 3.63) is 48.0 Å². The highest BCUT2D eigenvalue weighted by Crippen LogP contribution is 2.25. The van der Waals surface area contributed by atoms with Crippen molar-refractivity contribution in [1.82, 2.24) is 0 Å². The number of carboxylic acids is 1. The second-order valence-electron chi connectivity index (χ2n) is 3.58. The summed E-state index contributed by atoms with van der Waals surface area (Å²) in [6.45, 7) is 3.71. The second-order valence-corrected chi connectivity index (χ2v) is 3.58. The summed E-state index contributed by atoms with van der Waals surface area (Å²) >= 11 is 0. The van der Waals surface area contributed by atoms with Crippen LogP contribution in [0.15, 0.2) is 42.5 Å². The van der Waals surface area contributed by atoms with E-state index in [4.69, 9.17) is 4.74 Å². The Morgan fingerprint density at radius 1 is 1.44 bits per heavy atom. The maximum Gasteiger partial charge on any atom is 0.340 e. The van der Waals surface area contributed by atoms with Gasteiger partial charge in [-0.1, -0.05) is 42.5 Å². The van der Waals surface area contributed by atoms with Gasteiger partial charge in [0.1, 0.15) is 0 Å². The molecule has 0 heterocycles. The van der Waals surface area contributed by atoms with E-state index in [1.807, 2.05) is 19.1 Å². The fraction of sp³-hybridized carbons (Fsp3) is 0.308. The molecule has 1 N–H and O–H groups in total. The number of hydrogen-bond acceptors (Lipinski definition) is 2. The van der Waals surface area contributed by atoms with Gasteiger partial charge in [0.25, 0.3) is 0 Å². The van der Waals surface area contributed by atoms with E-state index >= 15 is 0 Å². The van der Waals surface area contributed by atoms with E-state index < -0.39 is 11.6 Å². The Kier molecular flexibility index (Phi) is 4.26. The van der Waals surface area contributed by atoms with Crippen LogP contribution in [0.25, 0.3) is 0 Å². The number of rotatable bonds is 5. The molecular weight excluding hydrogens is 204 g/mol.